The summed E-state index contributed by atoms with van der Waals surface area (Å²) in [5.41, 5.74) is 2.53. The summed E-state index contributed by atoms with van der Waals surface area (Å²) in [7, 11) is 0. The molecule has 6 nitrogen and oxygen atoms in total. The van der Waals surface area contributed by atoms with Crippen LogP contribution < -0.4 is 5.32 Å². The maximum atomic E-state index is 11.2. The molecule has 0 spiro atoms. The van der Waals surface area contributed by atoms with E-state index in [1.807, 2.05) is 42.5 Å². The topological polar surface area (TPSA) is 80.0 Å². The molecule has 2 N–H and O–H groups in total. The van der Waals surface area contributed by atoms with Crippen LogP contribution >= 0.6 is 12.6 Å². The second-order valence-corrected chi connectivity index (χ2v) is 6.51. The number of amides is 1. The zero-order chi connectivity index (χ0) is 19.0. The van der Waals surface area contributed by atoms with Gasteiger partial charge >= 0.3 is 0 Å². The van der Waals surface area contributed by atoms with Crippen molar-refractivity contribution in [1.29, 1.82) is 0 Å². The maximum Gasteiger partial charge on any atom is 0.221 e. The average molecular weight is 376 g/mol. The summed E-state index contributed by atoms with van der Waals surface area (Å²) >= 11 is 4.47. The van der Waals surface area contributed by atoms with E-state index in [9.17, 15) is 9.90 Å². The zero-order valence-electron chi connectivity index (χ0n) is 14.4. The number of carbonyl (C=O) groups is 1. The monoisotopic (exact) mass is 376 g/mol. The molecular formula is C20H16N4O2S. The van der Waals surface area contributed by atoms with Gasteiger partial charge in [0.25, 0.3) is 0 Å². The van der Waals surface area contributed by atoms with Gasteiger partial charge in [-0.3, -0.25) is 4.79 Å². The van der Waals surface area contributed by atoms with E-state index < -0.39 is 0 Å². The first kappa shape index (κ1) is 17.1. The van der Waals surface area contributed by atoms with Crippen LogP contribution in [0.2, 0.25) is 0 Å². The van der Waals surface area contributed by atoms with Crippen molar-refractivity contribution in [1.82, 2.24) is 15.0 Å². The van der Waals surface area contributed by atoms with E-state index in [1.54, 1.807) is 16.8 Å². The number of hydrogen-bond donors (Lipinski definition) is 3. The summed E-state index contributed by atoms with van der Waals surface area (Å²) in [4.78, 5) is 11.2. The maximum absolute atomic E-state index is 11.2. The quantitative estimate of drug-likeness (QED) is 0.472. The summed E-state index contributed by atoms with van der Waals surface area (Å²) in [5, 5.41) is 23.9. The van der Waals surface area contributed by atoms with Gasteiger partial charge in [-0.05, 0) is 22.9 Å². The van der Waals surface area contributed by atoms with Crippen LogP contribution in [0.3, 0.4) is 0 Å². The van der Waals surface area contributed by atoms with Crippen molar-refractivity contribution in [3.63, 3.8) is 0 Å². The normalized spacial score (nSPS) is 10.9. The van der Waals surface area contributed by atoms with Crippen LogP contribution in [0.15, 0.2) is 65.7 Å². The molecule has 0 radical (unpaired) electrons. The van der Waals surface area contributed by atoms with Gasteiger partial charge in [-0.25, -0.2) is 4.68 Å². The number of hydrogen-bond acceptors (Lipinski definition) is 5. The van der Waals surface area contributed by atoms with E-state index in [2.05, 4.69) is 28.3 Å². The molecule has 1 heterocycles. The lowest BCUT2D eigenvalue weighted by Crippen LogP contribution is -2.06. The summed E-state index contributed by atoms with van der Waals surface area (Å²) in [5.74, 6) is -0.238. The third-order valence-corrected chi connectivity index (χ3v) is 4.52. The fraction of sp³-hybridized carbons (Fsp3) is 0.0500. The number of carbonyl (C=O) groups excluding carboxylic acids is 1. The van der Waals surface area contributed by atoms with Crippen molar-refractivity contribution < 1.29 is 9.90 Å². The van der Waals surface area contributed by atoms with E-state index in [0.29, 0.717) is 22.1 Å². The summed E-state index contributed by atoms with van der Waals surface area (Å²) in [6.45, 7) is 1.41. The SMILES string of the molecule is CC(=O)Nc1ccc(-n2nnc(S)c2-c2cccc3ccccc23)c(O)c1. The highest BCUT2D eigenvalue weighted by molar-refractivity contribution is 7.80. The van der Waals surface area contributed by atoms with Gasteiger partial charge < -0.3 is 10.4 Å². The first-order chi connectivity index (χ1) is 13.0. The van der Waals surface area contributed by atoms with Crippen molar-refractivity contribution in [3.8, 4) is 22.7 Å². The van der Waals surface area contributed by atoms with Gasteiger partial charge in [-0.1, -0.05) is 47.7 Å². The lowest BCUT2D eigenvalue weighted by molar-refractivity contribution is -0.114. The molecule has 0 aliphatic carbocycles. The van der Waals surface area contributed by atoms with Crippen LogP contribution in [-0.2, 0) is 4.79 Å². The van der Waals surface area contributed by atoms with Crippen LogP contribution in [0.1, 0.15) is 6.92 Å². The van der Waals surface area contributed by atoms with Crippen molar-refractivity contribution in [2.45, 2.75) is 11.9 Å². The minimum absolute atomic E-state index is 0.0269. The van der Waals surface area contributed by atoms with Crippen LogP contribution in [0, 0.1) is 0 Å². The van der Waals surface area contributed by atoms with Gasteiger partial charge in [0.15, 0.2) is 0 Å². The Labute approximate surface area is 160 Å². The number of aromatic hydroxyl groups is 1. The highest BCUT2D eigenvalue weighted by Gasteiger charge is 2.18. The predicted octanol–water partition coefficient (Wildman–Crippen LogP) is 4.04. The zero-order valence-corrected chi connectivity index (χ0v) is 15.3. The number of anilines is 1. The molecule has 134 valence electrons. The minimum Gasteiger partial charge on any atom is -0.506 e. The number of phenolic OH excluding ortho intramolecular Hbond substituents is 1. The highest BCUT2D eigenvalue weighted by atomic mass is 32.1. The molecule has 0 saturated heterocycles. The minimum atomic E-state index is -0.211. The lowest BCUT2D eigenvalue weighted by Gasteiger charge is -2.12. The number of thiol groups is 1. The second kappa shape index (κ2) is 6.77. The van der Waals surface area contributed by atoms with Crippen LogP contribution in [0.5, 0.6) is 5.75 Å². The Morgan fingerprint density at radius 2 is 1.89 bits per heavy atom. The summed E-state index contributed by atoms with van der Waals surface area (Å²) < 4.78 is 1.55. The first-order valence-corrected chi connectivity index (χ1v) is 8.73. The molecule has 0 fully saturated rings. The van der Waals surface area contributed by atoms with Gasteiger partial charge in [0.2, 0.25) is 5.91 Å². The number of fused-ring (bicyclic) bond motifs is 1. The molecular weight excluding hydrogens is 360 g/mol. The van der Waals surface area contributed by atoms with Crippen molar-refractivity contribution in [3.05, 3.63) is 60.7 Å². The fourth-order valence-electron chi connectivity index (χ4n) is 3.09. The van der Waals surface area contributed by atoms with Gasteiger partial charge in [-0.2, -0.15) is 0 Å². The molecule has 4 aromatic rings. The third-order valence-electron chi connectivity index (χ3n) is 4.22. The van der Waals surface area contributed by atoms with E-state index in [1.165, 1.54) is 13.0 Å². The number of phenols is 1. The lowest BCUT2D eigenvalue weighted by atomic mass is 10.0. The van der Waals surface area contributed by atoms with E-state index in [-0.39, 0.29) is 11.7 Å². The number of rotatable bonds is 3. The average Bonchev–Trinajstić information content (AvgIpc) is 3.02. The van der Waals surface area contributed by atoms with E-state index in [4.69, 9.17) is 0 Å². The molecule has 7 heteroatoms. The summed E-state index contributed by atoms with van der Waals surface area (Å²) in [6.07, 6.45) is 0. The largest absolute Gasteiger partial charge is 0.506 e. The first-order valence-electron chi connectivity index (χ1n) is 8.28. The van der Waals surface area contributed by atoms with E-state index in [0.717, 1.165) is 16.3 Å². The molecule has 0 saturated carbocycles. The predicted molar refractivity (Wildman–Crippen MR) is 108 cm³/mol. The number of nitrogens with zero attached hydrogens (tertiary/aromatic N) is 3. The third kappa shape index (κ3) is 3.13. The number of benzene rings is 3. The van der Waals surface area contributed by atoms with Crippen LogP contribution in [0.4, 0.5) is 5.69 Å². The van der Waals surface area contributed by atoms with Gasteiger partial charge in [0.05, 0.1) is 0 Å². The Morgan fingerprint density at radius 3 is 2.67 bits per heavy atom. The number of aromatic nitrogens is 3. The molecule has 1 amide bonds. The van der Waals surface area contributed by atoms with Crippen molar-refractivity contribution >= 4 is 35.0 Å². The molecule has 1 aromatic heterocycles. The molecule has 0 atom stereocenters. The van der Waals surface area contributed by atoms with Crippen LogP contribution in [-0.4, -0.2) is 26.0 Å². The Hall–Kier alpha value is -3.32. The number of nitrogens with one attached hydrogen (secondary N) is 1. The molecule has 0 aliphatic rings. The van der Waals surface area contributed by atoms with Gasteiger partial charge in [0.1, 0.15) is 22.2 Å². The Morgan fingerprint density at radius 1 is 1.11 bits per heavy atom. The smallest absolute Gasteiger partial charge is 0.221 e. The van der Waals surface area contributed by atoms with E-state index >= 15 is 0 Å². The van der Waals surface area contributed by atoms with Gasteiger partial charge in [-0.15, -0.1) is 17.7 Å². The van der Waals surface area contributed by atoms with Crippen molar-refractivity contribution in [2.75, 3.05) is 5.32 Å². The summed E-state index contributed by atoms with van der Waals surface area (Å²) in [6, 6.07) is 18.8. The highest BCUT2D eigenvalue weighted by Crippen LogP contribution is 2.35. The Balaban J connectivity index is 1.89. The Bertz CT molecular complexity index is 1160. The second-order valence-electron chi connectivity index (χ2n) is 6.08. The fourth-order valence-corrected chi connectivity index (χ4v) is 3.35. The van der Waals surface area contributed by atoms with Crippen molar-refractivity contribution in [2.24, 2.45) is 0 Å². The molecule has 0 unspecified atom stereocenters. The molecule has 3 aromatic carbocycles. The van der Waals surface area contributed by atoms with Gasteiger partial charge in [0, 0.05) is 24.2 Å². The Kier molecular flexibility index (Phi) is 4.29. The molecule has 4 rings (SSSR count). The standard InChI is InChI=1S/C20H16N4O2S/c1-12(25)21-14-9-10-17(18(26)11-14)24-19(20(27)22-23-24)16-8-4-6-13-5-2-3-7-15(13)16/h2-11,26-27H,1H3,(H,21,25). The molecule has 27 heavy (non-hydrogen) atoms. The van der Waals surface area contributed by atoms with Crippen LogP contribution in [0.25, 0.3) is 27.7 Å². The molecule has 0 aliphatic heterocycles. The molecule has 0 bridgehead atoms.